The number of allylic oxidation sites excluding steroid dienone is 2. The zero-order valence-corrected chi connectivity index (χ0v) is 21.5. The molecule has 1 aromatic rings. The van der Waals surface area contributed by atoms with Crippen LogP contribution in [0.2, 0.25) is 0 Å². The predicted octanol–water partition coefficient (Wildman–Crippen LogP) is 6.44. The second-order valence-corrected chi connectivity index (χ2v) is 7.74. The minimum atomic E-state index is 0. The molecule has 0 unspecified atom stereocenters. The van der Waals surface area contributed by atoms with Crippen LogP contribution in [0.3, 0.4) is 0 Å². The molecule has 1 aliphatic heterocycles. The van der Waals surface area contributed by atoms with E-state index in [1.54, 1.807) is 0 Å². The quantitative estimate of drug-likeness (QED) is 0.263. The van der Waals surface area contributed by atoms with E-state index in [1.807, 2.05) is 30.8 Å². The van der Waals surface area contributed by atoms with Gasteiger partial charge in [-0.1, -0.05) is 61.1 Å². The average Bonchev–Trinajstić information content (AvgIpc) is 2.65. The molecule has 1 nitrogen and oxygen atoms in total. The maximum Gasteiger partial charge on any atom is 0.00225 e. The zero-order chi connectivity index (χ0) is 19.4. The summed E-state index contributed by atoms with van der Waals surface area (Å²) in [5.41, 5.74) is 5.10. The second-order valence-electron chi connectivity index (χ2n) is 6.72. The van der Waals surface area contributed by atoms with Crippen LogP contribution in [0.4, 0.5) is 0 Å². The molecule has 27 heavy (non-hydrogen) atoms. The monoisotopic (exact) mass is 457 g/mol. The topological polar surface area (TPSA) is 3.24 Å². The predicted molar refractivity (Wildman–Crippen MR) is 119 cm³/mol. The molecule has 0 fully saturated rings. The Bertz CT molecular complexity index is 665. The molecule has 1 aliphatic rings. The molecule has 0 N–H and O–H groups in total. The first-order valence-corrected chi connectivity index (χ1v) is 10.7. The normalized spacial score (nSPS) is 12.2. The van der Waals surface area contributed by atoms with E-state index in [4.69, 9.17) is 0 Å². The van der Waals surface area contributed by atoms with Gasteiger partial charge in [0.1, 0.15) is 0 Å². The Hall–Kier alpha value is -0.326. The smallest absolute Gasteiger partial charge is 0.00225 e. The molecular weight excluding hydrogens is 423 g/mol. The standard InChI is InChI=1S/C20H23S.C4H11N.Y/c1-4-7-8-9-11-17-15-21-20-14-16(10-5-2)12-13-19(20)18(17)6-3;1-4-5(2)3;/h6,12,14H,3-4,7-9,11,15H2,1-2H3;4H2,1-3H3;/q-1;;. The molecule has 0 atom stereocenters. The van der Waals surface area contributed by atoms with Gasteiger partial charge in [-0.05, 0) is 34.0 Å². The Labute approximate surface area is 197 Å². The molecule has 0 spiro atoms. The van der Waals surface area contributed by atoms with E-state index in [-0.39, 0.29) is 32.7 Å². The van der Waals surface area contributed by atoms with Crippen molar-refractivity contribution in [2.24, 2.45) is 0 Å². The van der Waals surface area contributed by atoms with E-state index in [0.717, 1.165) is 17.9 Å². The van der Waals surface area contributed by atoms with Crippen molar-refractivity contribution in [3.63, 3.8) is 0 Å². The summed E-state index contributed by atoms with van der Waals surface area (Å²) in [6.45, 7) is 11.4. The fraction of sp³-hybridized carbons (Fsp3) is 0.500. The van der Waals surface area contributed by atoms with E-state index < -0.39 is 0 Å². The molecule has 0 saturated heterocycles. The van der Waals surface area contributed by atoms with Gasteiger partial charge in [0, 0.05) is 38.5 Å². The third-order valence-corrected chi connectivity index (χ3v) is 5.52. The van der Waals surface area contributed by atoms with E-state index in [0.29, 0.717) is 0 Å². The summed E-state index contributed by atoms with van der Waals surface area (Å²) in [6, 6.07) is 7.61. The van der Waals surface area contributed by atoms with Gasteiger partial charge >= 0.3 is 0 Å². The third kappa shape index (κ3) is 9.62. The third-order valence-electron chi connectivity index (χ3n) is 4.40. The summed E-state index contributed by atoms with van der Waals surface area (Å²) < 4.78 is 0. The molecule has 1 heterocycles. The van der Waals surface area contributed by atoms with Crippen molar-refractivity contribution in [3.05, 3.63) is 47.6 Å². The number of fused-ring (bicyclic) bond motifs is 1. The molecule has 3 heteroatoms. The number of unbranched alkanes of at least 4 members (excludes halogenated alkanes) is 3. The molecule has 0 aliphatic carbocycles. The van der Waals surface area contributed by atoms with Gasteiger partial charge in [-0.25, -0.2) is 0 Å². The molecule has 1 aromatic carbocycles. The first-order valence-electron chi connectivity index (χ1n) is 9.68. The Morgan fingerprint density at radius 3 is 2.52 bits per heavy atom. The van der Waals surface area contributed by atoms with Crippen molar-refractivity contribution >= 4 is 17.3 Å². The van der Waals surface area contributed by atoms with Gasteiger partial charge in [-0.15, -0.1) is 48.3 Å². The van der Waals surface area contributed by atoms with Crippen molar-refractivity contribution in [2.75, 3.05) is 26.4 Å². The van der Waals surface area contributed by atoms with Crippen molar-refractivity contribution in [3.8, 4) is 11.8 Å². The van der Waals surface area contributed by atoms with Crippen LogP contribution in [-0.2, 0) is 32.7 Å². The molecular formula is C24H34NSY-. The minimum Gasteiger partial charge on any atom is -0.310 e. The van der Waals surface area contributed by atoms with Gasteiger partial charge in [0.15, 0.2) is 0 Å². The largest absolute Gasteiger partial charge is 0.310 e. The SMILES string of the molecule is C=CC1=C(CCCCCC)CSc2cc(C#CC)c[c-]c21.CCN(C)C.[Y]. The Balaban J connectivity index is 0.00000100. The fourth-order valence-electron chi connectivity index (χ4n) is 2.65. The van der Waals surface area contributed by atoms with E-state index >= 15 is 0 Å². The molecule has 0 bridgehead atoms. The fourth-order valence-corrected chi connectivity index (χ4v) is 3.81. The summed E-state index contributed by atoms with van der Waals surface area (Å²) in [6.07, 6.45) is 8.45. The number of rotatable bonds is 7. The van der Waals surface area contributed by atoms with Gasteiger partial charge < -0.3 is 4.90 Å². The van der Waals surface area contributed by atoms with Crippen molar-refractivity contribution in [1.29, 1.82) is 0 Å². The molecule has 0 amide bonds. The first-order chi connectivity index (χ1) is 12.6. The maximum absolute atomic E-state index is 4.02. The van der Waals surface area contributed by atoms with Crippen LogP contribution in [0.1, 0.15) is 64.0 Å². The molecule has 145 valence electrons. The first kappa shape index (κ1) is 26.7. The summed E-state index contributed by atoms with van der Waals surface area (Å²) in [4.78, 5) is 3.42. The Morgan fingerprint density at radius 2 is 1.96 bits per heavy atom. The van der Waals surface area contributed by atoms with E-state index in [2.05, 4.69) is 63.4 Å². The summed E-state index contributed by atoms with van der Waals surface area (Å²) >= 11 is 1.92. The Morgan fingerprint density at radius 1 is 1.26 bits per heavy atom. The van der Waals surface area contributed by atoms with Crippen molar-refractivity contribution in [2.45, 2.75) is 57.8 Å². The summed E-state index contributed by atoms with van der Waals surface area (Å²) in [7, 11) is 4.11. The van der Waals surface area contributed by atoms with Crippen LogP contribution in [0, 0.1) is 17.9 Å². The molecule has 1 radical (unpaired) electrons. The minimum absolute atomic E-state index is 0. The number of thioether (sulfide) groups is 1. The van der Waals surface area contributed by atoms with Crippen LogP contribution in [0.5, 0.6) is 0 Å². The second kappa shape index (κ2) is 15.6. The van der Waals surface area contributed by atoms with Gasteiger partial charge in [-0.3, -0.25) is 0 Å². The van der Waals surface area contributed by atoms with Crippen LogP contribution >= 0.6 is 11.8 Å². The van der Waals surface area contributed by atoms with Crippen LogP contribution < -0.4 is 0 Å². The van der Waals surface area contributed by atoms with Gasteiger partial charge in [-0.2, -0.15) is 11.8 Å². The molecule has 0 saturated carbocycles. The van der Waals surface area contributed by atoms with Gasteiger partial charge in [0.05, 0.1) is 0 Å². The summed E-state index contributed by atoms with van der Waals surface area (Å²) in [5.74, 6) is 7.15. The zero-order valence-electron chi connectivity index (χ0n) is 17.8. The van der Waals surface area contributed by atoms with Crippen LogP contribution in [0.15, 0.2) is 35.3 Å². The molecule has 0 aromatic heterocycles. The van der Waals surface area contributed by atoms with Crippen LogP contribution in [-0.4, -0.2) is 31.3 Å². The number of hydrogen-bond donors (Lipinski definition) is 0. The molecule has 2 rings (SSSR count). The van der Waals surface area contributed by atoms with Crippen molar-refractivity contribution in [1.82, 2.24) is 4.90 Å². The average molecular weight is 458 g/mol. The van der Waals surface area contributed by atoms with Gasteiger partial charge in [0.2, 0.25) is 0 Å². The van der Waals surface area contributed by atoms with E-state index in [9.17, 15) is 0 Å². The number of nitrogens with zero attached hydrogens (tertiary/aromatic N) is 1. The van der Waals surface area contributed by atoms with Crippen LogP contribution in [0.25, 0.3) is 5.57 Å². The summed E-state index contributed by atoms with van der Waals surface area (Å²) in [5, 5.41) is 0. The van der Waals surface area contributed by atoms with E-state index in [1.165, 1.54) is 53.7 Å². The Kier molecular flexibility index (Phi) is 15.4. The van der Waals surface area contributed by atoms with Crippen molar-refractivity contribution < 1.29 is 32.7 Å². The van der Waals surface area contributed by atoms with Gasteiger partial charge in [0.25, 0.3) is 0 Å². The number of benzene rings is 1. The number of hydrogen-bond acceptors (Lipinski definition) is 2. The maximum atomic E-state index is 4.02.